The van der Waals surface area contributed by atoms with Crippen LogP contribution in [0.25, 0.3) is 0 Å². The van der Waals surface area contributed by atoms with Crippen molar-refractivity contribution in [3.8, 4) is 5.75 Å². The van der Waals surface area contributed by atoms with E-state index in [4.69, 9.17) is 23.7 Å². The molecule has 9 nitrogen and oxygen atoms in total. The summed E-state index contributed by atoms with van der Waals surface area (Å²) in [5.41, 5.74) is 4.61. The Balaban J connectivity index is 1.45. The molecule has 0 aromatic heterocycles. The van der Waals surface area contributed by atoms with Gasteiger partial charge in [-0.15, -0.1) is 0 Å². The summed E-state index contributed by atoms with van der Waals surface area (Å²) in [6.07, 6.45) is 1.41. The lowest BCUT2D eigenvalue weighted by molar-refractivity contribution is -0.121. The quantitative estimate of drug-likeness (QED) is 0.263. The second-order valence-electron chi connectivity index (χ2n) is 11.8. The van der Waals surface area contributed by atoms with Crippen molar-refractivity contribution >= 4 is 11.6 Å². The summed E-state index contributed by atoms with van der Waals surface area (Å²) in [5, 5.41) is 6.69. The zero-order valence-corrected chi connectivity index (χ0v) is 26.4. The molecule has 2 aromatic carbocycles. The van der Waals surface area contributed by atoms with E-state index in [1.54, 1.807) is 14.2 Å². The SMILES string of the molecule is CCC(=O)NCC1CNC[C@H](OCc2ccc3c(c2)N(CCCOC)CCO3)C1c1ccc(COC[C@@H](C)COC)cc1. The molecule has 43 heavy (non-hydrogen) atoms. The molecule has 0 radical (unpaired) electrons. The van der Waals surface area contributed by atoms with E-state index in [9.17, 15) is 4.79 Å². The van der Waals surface area contributed by atoms with Crippen LogP contribution in [0.1, 0.15) is 49.3 Å². The highest BCUT2D eigenvalue weighted by molar-refractivity contribution is 5.75. The van der Waals surface area contributed by atoms with Crippen molar-refractivity contribution in [1.29, 1.82) is 0 Å². The number of nitrogens with zero attached hydrogens (tertiary/aromatic N) is 1. The maximum atomic E-state index is 12.1. The molecule has 1 saturated heterocycles. The number of amides is 1. The van der Waals surface area contributed by atoms with Crippen LogP contribution in [0.2, 0.25) is 0 Å². The molecule has 2 unspecified atom stereocenters. The van der Waals surface area contributed by atoms with E-state index >= 15 is 0 Å². The van der Waals surface area contributed by atoms with Gasteiger partial charge in [0.1, 0.15) is 12.4 Å². The number of carbonyl (C=O) groups excluding carboxylic acids is 1. The summed E-state index contributed by atoms with van der Waals surface area (Å²) in [6, 6.07) is 15.1. The number of benzene rings is 2. The van der Waals surface area contributed by atoms with E-state index < -0.39 is 0 Å². The molecule has 2 aromatic rings. The minimum atomic E-state index is -0.0423. The summed E-state index contributed by atoms with van der Waals surface area (Å²) < 4.78 is 29.0. The number of rotatable bonds is 17. The Morgan fingerprint density at radius 1 is 1.07 bits per heavy atom. The molecule has 9 heteroatoms. The third-order valence-electron chi connectivity index (χ3n) is 8.25. The van der Waals surface area contributed by atoms with Gasteiger partial charge in [0.25, 0.3) is 0 Å². The van der Waals surface area contributed by atoms with Crippen molar-refractivity contribution in [2.24, 2.45) is 11.8 Å². The van der Waals surface area contributed by atoms with Gasteiger partial charge in [0, 0.05) is 65.3 Å². The molecular formula is C34H51N3O6. The van der Waals surface area contributed by atoms with Crippen LogP contribution in [0.4, 0.5) is 5.69 Å². The van der Waals surface area contributed by atoms with Gasteiger partial charge >= 0.3 is 0 Å². The van der Waals surface area contributed by atoms with Gasteiger partial charge in [-0.3, -0.25) is 4.79 Å². The largest absolute Gasteiger partial charge is 0.490 e. The third-order valence-corrected chi connectivity index (χ3v) is 8.25. The zero-order valence-electron chi connectivity index (χ0n) is 26.4. The van der Waals surface area contributed by atoms with E-state index in [-0.39, 0.29) is 23.8 Å². The predicted octanol–water partition coefficient (Wildman–Crippen LogP) is 4.14. The number of ether oxygens (including phenoxy) is 5. The predicted molar refractivity (Wildman–Crippen MR) is 169 cm³/mol. The summed E-state index contributed by atoms with van der Waals surface area (Å²) in [5.74, 6) is 1.70. The Morgan fingerprint density at radius 2 is 1.88 bits per heavy atom. The van der Waals surface area contributed by atoms with Crippen LogP contribution in [-0.2, 0) is 37.0 Å². The molecule has 4 rings (SSSR count). The lowest BCUT2D eigenvalue weighted by atomic mass is 9.79. The lowest BCUT2D eigenvalue weighted by Gasteiger charge is -2.39. The van der Waals surface area contributed by atoms with Crippen molar-refractivity contribution < 1.29 is 28.5 Å². The van der Waals surface area contributed by atoms with Crippen LogP contribution in [0.15, 0.2) is 42.5 Å². The summed E-state index contributed by atoms with van der Waals surface area (Å²) in [4.78, 5) is 14.5. The number of hydrogen-bond donors (Lipinski definition) is 2. The Labute approximate surface area is 257 Å². The normalized spacial score (nSPS) is 20.7. The Morgan fingerprint density at radius 3 is 2.65 bits per heavy atom. The number of hydrogen-bond acceptors (Lipinski definition) is 8. The molecule has 1 fully saturated rings. The molecule has 238 valence electrons. The van der Waals surface area contributed by atoms with Gasteiger partial charge in [0.05, 0.1) is 44.8 Å². The minimum absolute atomic E-state index is 0.0423. The number of methoxy groups -OCH3 is 2. The Hall–Kier alpha value is -2.69. The van der Waals surface area contributed by atoms with Crippen molar-refractivity contribution in [1.82, 2.24) is 10.6 Å². The maximum Gasteiger partial charge on any atom is 0.219 e. The van der Waals surface area contributed by atoms with Gasteiger partial charge in [-0.2, -0.15) is 0 Å². The van der Waals surface area contributed by atoms with Gasteiger partial charge in [-0.1, -0.05) is 44.2 Å². The molecule has 2 N–H and O–H groups in total. The minimum Gasteiger partial charge on any atom is -0.490 e. The smallest absolute Gasteiger partial charge is 0.219 e. The van der Waals surface area contributed by atoms with Gasteiger partial charge in [0.15, 0.2) is 0 Å². The van der Waals surface area contributed by atoms with Crippen molar-refractivity contribution in [2.45, 2.75) is 51.9 Å². The average molecular weight is 598 g/mol. The first-order chi connectivity index (χ1) is 21.0. The number of anilines is 1. The van der Waals surface area contributed by atoms with Crippen LogP contribution in [0, 0.1) is 11.8 Å². The van der Waals surface area contributed by atoms with Gasteiger partial charge in [-0.05, 0) is 41.2 Å². The number of fused-ring (bicyclic) bond motifs is 1. The first kappa shape index (κ1) is 33.2. The molecule has 4 atom stereocenters. The standard InChI is InChI=1S/C34H51N3O6/c1-5-33(38)36-19-29-18-35-20-32(34(29)28-10-7-26(8-11-28)23-41-22-25(2)21-40-4)43-24-27-9-12-31-30(17-27)37(14-16-42-31)13-6-15-39-3/h7-12,17,25,29,32,34-35H,5-6,13-16,18-24H2,1-4H3,(H,36,38)/t25-,29?,32-,34?/m0/s1. The first-order valence-corrected chi connectivity index (χ1v) is 15.8. The van der Waals surface area contributed by atoms with Crippen LogP contribution >= 0.6 is 0 Å². The Bertz CT molecular complexity index is 1110. The zero-order chi connectivity index (χ0) is 30.4. The summed E-state index contributed by atoms with van der Waals surface area (Å²) in [7, 11) is 3.46. The second kappa shape index (κ2) is 17.6. The second-order valence-corrected chi connectivity index (χ2v) is 11.8. The fourth-order valence-electron chi connectivity index (χ4n) is 5.98. The molecule has 0 bridgehead atoms. The topological polar surface area (TPSA) is 90.5 Å². The molecule has 0 saturated carbocycles. The highest BCUT2D eigenvalue weighted by Gasteiger charge is 2.35. The molecule has 2 heterocycles. The van der Waals surface area contributed by atoms with E-state index in [1.165, 1.54) is 5.56 Å². The fraction of sp³-hybridized carbons (Fsp3) is 0.618. The van der Waals surface area contributed by atoms with Crippen molar-refractivity contribution in [3.05, 3.63) is 59.2 Å². The van der Waals surface area contributed by atoms with Crippen molar-refractivity contribution in [2.75, 3.05) is 78.3 Å². The van der Waals surface area contributed by atoms with Gasteiger partial charge in [0.2, 0.25) is 5.91 Å². The molecule has 2 aliphatic rings. The van der Waals surface area contributed by atoms with E-state index in [0.717, 1.165) is 61.8 Å². The van der Waals surface area contributed by atoms with Crippen LogP contribution < -0.4 is 20.3 Å². The molecule has 1 amide bonds. The number of piperidine rings is 1. The van der Waals surface area contributed by atoms with E-state index in [2.05, 4.69) is 64.9 Å². The van der Waals surface area contributed by atoms with Crippen molar-refractivity contribution in [3.63, 3.8) is 0 Å². The third kappa shape index (κ3) is 9.91. The summed E-state index contributed by atoms with van der Waals surface area (Å²) >= 11 is 0. The lowest BCUT2D eigenvalue weighted by Crippen LogP contribution is -2.50. The summed E-state index contributed by atoms with van der Waals surface area (Å²) in [6.45, 7) is 11.9. The van der Waals surface area contributed by atoms with E-state index in [1.807, 2.05) is 6.92 Å². The average Bonchev–Trinajstić information content (AvgIpc) is 3.03. The van der Waals surface area contributed by atoms with Gasteiger partial charge in [-0.25, -0.2) is 0 Å². The molecule has 0 spiro atoms. The monoisotopic (exact) mass is 597 g/mol. The molecule has 0 aliphatic carbocycles. The van der Waals surface area contributed by atoms with Crippen LogP contribution in [0.5, 0.6) is 5.75 Å². The fourth-order valence-corrected chi connectivity index (χ4v) is 5.98. The number of nitrogens with one attached hydrogen (secondary N) is 2. The first-order valence-electron chi connectivity index (χ1n) is 15.8. The Kier molecular flexibility index (Phi) is 13.6. The highest BCUT2D eigenvalue weighted by atomic mass is 16.5. The maximum absolute atomic E-state index is 12.1. The van der Waals surface area contributed by atoms with Gasteiger partial charge < -0.3 is 39.2 Å². The van der Waals surface area contributed by atoms with Crippen LogP contribution in [-0.4, -0.2) is 85.4 Å². The van der Waals surface area contributed by atoms with Crippen LogP contribution in [0.3, 0.4) is 0 Å². The molecular weight excluding hydrogens is 546 g/mol. The van der Waals surface area contributed by atoms with E-state index in [0.29, 0.717) is 51.9 Å². The number of carbonyl (C=O) groups is 1. The molecule has 2 aliphatic heterocycles. The highest BCUT2D eigenvalue weighted by Crippen LogP contribution is 2.35.